The molecule has 230 valence electrons. The zero-order chi connectivity index (χ0) is 30.6. The number of nitrogens with one attached hydrogen (secondary N) is 2. The van der Waals surface area contributed by atoms with Gasteiger partial charge in [0.2, 0.25) is 0 Å². The van der Waals surface area contributed by atoms with Gasteiger partial charge in [-0.15, -0.1) is 0 Å². The molecular formula is C35H49F2N3O2. The normalized spacial score (nSPS) is 17.0. The highest BCUT2D eigenvalue weighted by Gasteiger charge is 2.21. The van der Waals surface area contributed by atoms with Crippen molar-refractivity contribution in [2.45, 2.75) is 79.4 Å². The van der Waals surface area contributed by atoms with E-state index in [9.17, 15) is 13.9 Å². The summed E-state index contributed by atoms with van der Waals surface area (Å²) in [5.41, 5.74) is 3.58. The molecule has 1 heterocycles. The summed E-state index contributed by atoms with van der Waals surface area (Å²) in [6.07, 6.45) is 9.11. The molecule has 5 nitrogen and oxygen atoms in total. The summed E-state index contributed by atoms with van der Waals surface area (Å²) in [4.78, 5) is 2.48. The Morgan fingerprint density at radius 1 is 1.05 bits per heavy atom. The van der Waals surface area contributed by atoms with Crippen LogP contribution in [0.2, 0.25) is 0 Å². The highest BCUT2D eigenvalue weighted by atomic mass is 19.1. The summed E-state index contributed by atoms with van der Waals surface area (Å²) in [5.74, 6) is -0.931. The first-order valence-corrected chi connectivity index (χ1v) is 15.5. The van der Waals surface area contributed by atoms with Crippen LogP contribution in [0.4, 0.5) is 14.5 Å². The van der Waals surface area contributed by atoms with Gasteiger partial charge in [-0.2, -0.15) is 0 Å². The molecule has 1 fully saturated rings. The molecule has 0 bridgehead atoms. The second-order valence-electron chi connectivity index (χ2n) is 11.4. The van der Waals surface area contributed by atoms with Crippen molar-refractivity contribution in [3.05, 3.63) is 82.5 Å². The van der Waals surface area contributed by atoms with E-state index in [1.165, 1.54) is 37.0 Å². The van der Waals surface area contributed by atoms with Gasteiger partial charge in [0, 0.05) is 42.0 Å². The van der Waals surface area contributed by atoms with E-state index in [-0.39, 0.29) is 29.7 Å². The first-order chi connectivity index (χ1) is 20.2. The lowest BCUT2D eigenvalue weighted by Gasteiger charge is -2.30. The first-order valence-electron chi connectivity index (χ1n) is 15.5. The van der Waals surface area contributed by atoms with Crippen molar-refractivity contribution in [1.29, 1.82) is 5.41 Å². The molecule has 3 N–H and O–H groups in total. The third-order valence-corrected chi connectivity index (χ3v) is 8.31. The summed E-state index contributed by atoms with van der Waals surface area (Å²) >= 11 is 0. The fourth-order valence-corrected chi connectivity index (χ4v) is 5.42. The number of anilines is 1. The highest BCUT2D eigenvalue weighted by Crippen LogP contribution is 2.27. The van der Waals surface area contributed by atoms with Crippen molar-refractivity contribution in [2.24, 2.45) is 11.8 Å². The number of hydrogen-bond donors (Lipinski definition) is 3. The fourth-order valence-electron chi connectivity index (χ4n) is 5.42. The molecule has 0 aliphatic carbocycles. The maximum atomic E-state index is 14.7. The number of nitrogens with zero attached hydrogens (tertiary/aromatic N) is 1. The second kappa shape index (κ2) is 16.6. The van der Waals surface area contributed by atoms with Gasteiger partial charge in [-0.05, 0) is 69.7 Å². The van der Waals surface area contributed by atoms with Crippen LogP contribution in [0.3, 0.4) is 0 Å². The number of rotatable bonds is 15. The Hall–Kier alpha value is -3.03. The Balaban J connectivity index is 1.84. The SMILES string of the molecule is CCOc1cc(F)c(CNc2ccccc2C(=N)/C(C)=C/C(CC)/C(=C\C(O)C(C)CC)CN2CCCCC2)c(F)c1. The Bertz CT molecular complexity index is 1210. The molecule has 1 saturated heterocycles. The number of hydrogen-bond acceptors (Lipinski definition) is 5. The minimum Gasteiger partial charge on any atom is -0.494 e. The van der Waals surface area contributed by atoms with Crippen LogP contribution >= 0.6 is 0 Å². The Morgan fingerprint density at radius 3 is 2.33 bits per heavy atom. The van der Waals surface area contributed by atoms with Crippen LogP contribution in [0.15, 0.2) is 59.7 Å². The van der Waals surface area contributed by atoms with Crippen molar-refractivity contribution in [3.63, 3.8) is 0 Å². The number of para-hydroxylation sites is 1. The number of aliphatic hydroxyl groups excluding tert-OH is 1. The van der Waals surface area contributed by atoms with Gasteiger partial charge in [-0.25, -0.2) is 8.78 Å². The molecule has 1 aliphatic rings. The van der Waals surface area contributed by atoms with Crippen LogP contribution in [0.25, 0.3) is 0 Å². The molecule has 0 radical (unpaired) electrons. The number of likely N-dealkylation sites (tertiary alicyclic amines) is 1. The first kappa shape index (κ1) is 33.5. The van der Waals surface area contributed by atoms with E-state index >= 15 is 0 Å². The number of allylic oxidation sites excluding steroid dienone is 2. The molecular weight excluding hydrogens is 532 g/mol. The molecule has 1 aliphatic heterocycles. The Labute approximate surface area is 251 Å². The third-order valence-electron chi connectivity index (χ3n) is 8.31. The minimum atomic E-state index is -0.673. The minimum absolute atomic E-state index is 0.0645. The zero-order valence-corrected chi connectivity index (χ0v) is 26.0. The quantitative estimate of drug-likeness (QED) is 0.147. The summed E-state index contributed by atoms with van der Waals surface area (Å²) in [6.45, 7) is 13.2. The topological polar surface area (TPSA) is 68.6 Å². The number of piperidine rings is 1. The van der Waals surface area contributed by atoms with E-state index < -0.39 is 17.7 Å². The lowest BCUT2D eigenvalue weighted by Crippen LogP contribution is -2.33. The van der Waals surface area contributed by atoms with Crippen LogP contribution < -0.4 is 10.1 Å². The molecule has 7 heteroatoms. The van der Waals surface area contributed by atoms with E-state index in [1.807, 2.05) is 31.2 Å². The smallest absolute Gasteiger partial charge is 0.134 e. The third kappa shape index (κ3) is 9.23. The van der Waals surface area contributed by atoms with Crippen molar-refractivity contribution >= 4 is 11.4 Å². The number of halogens is 2. The monoisotopic (exact) mass is 581 g/mol. The molecule has 2 aromatic rings. The van der Waals surface area contributed by atoms with Crippen LogP contribution in [-0.4, -0.2) is 48.1 Å². The van der Waals surface area contributed by atoms with Crippen LogP contribution in [0.5, 0.6) is 5.75 Å². The predicted octanol–water partition coefficient (Wildman–Crippen LogP) is 8.14. The lowest BCUT2D eigenvalue weighted by molar-refractivity contribution is 0.157. The molecule has 42 heavy (non-hydrogen) atoms. The van der Waals surface area contributed by atoms with Gasteiger partial charge in [0.25, 0.3) is 0 Å². The molecule has 0 aromatic heterocycles. The number of ether oxygens (including phenoxy) is 1. The van der Waals surface area contributed by atoms with Crippen molar-refractivity contribution < 1.29 is 18.6 Å². The molecule has 3 rings (SSSR count). The van der Waals surface area contributed by atoms with Gasteiger partial charge < -0.3 is 15.2 Å². The number of benzene rings is 2. The summed E-state index contributed by atoms with van der Waals surface area (Å²) in [7, 11) is 0. The molecule has 3 atom stereocenters. The van der Waals surface area contributed by atoms with Crippen LogP contribution in [0.1, 0.15) is 77.8 Å². The van der Waals surface area contributed by atoms with E-state index in [2.05, 4.69) is 43.1 Å². The molecule has 0 amide bonds. The largest absolute Gasteiger partial charge is 0.494 e. The van der Waals surface area contributed by atoms with E-state index in [1.54, 1.807) is 6.92 Å². The van der Waals surface area contributed by atoms with Crippen molar-refractivity contribution in [3.8, 4) is 5.75 Å². The van der Waals surface area contributed by atoms with Gasteiger partial charge in [-0.1, -0.05) is 69.5 Å². The van der Waals surface area contributed by atoms with E-state index in [4.69, 9.17) is 10.1 Å². The van der Waals surface area contributed by atoms with Gasteiger partial charge in [0.15, 0.2) is 0 Å². The number of aliphatic hydroxyl groups is 1. The molecule has 2 aromatic carbocycles. The maximum Gasteiger partial charge on any atom is 0.134 e. The second-order valence-corrected chi connectivity index (χ2v) is 11.4. The zero-order valence-electron chi connectivity index (χ0n) is 26.0. The summed E-state index contributed by atoms with van der Waals surface area (Å²) < 4.78 is 34.6. The Morgan fingerprint density at radius 2 is 1.71 bits per heavy atom. The molecule has 0 saturated carbocycles. The standard InChI is InChI=1S/C35H49F2N3O2/c1-6-24(4)34(41)19-27(23-40-16-12-9-13-17-40)26(7-2)18-25(5)35(38)29-14-10-11-15-33(29)39-22-30-31(36)20-28(42-8-3)21-32(30)37/h10-11,14-15,18-21,24,26,34,38-39,41H,6-9,12-13,16-17,22-23H2,1-5H3/b25-18+,27-19-,38-35?. The van der Waals surface area contributed by atoms with Gasteiger partial charge in [0.1, 0.15) is 17.4 Å². The van der Waals surface area contributed by atoms with Crippen molar-refractivity contribution in [2.75, 3.05) is 31.6 Å². The summed E-state index contributed by atoms with van der Waals surface area (Å²) in [5, 5.41) is 23.1. The van der Waals surface area contributed by atoms with E-state index in [0.717, 1.165) is 38.0 Å². The van der Waals surface area contributed by atoms with Gasteiger partial charge in [0.05, 0.1) is 18.4 Å². The average Bonchev–Trinajstić information content (AvgIpc) is 2.99. The predicted molar refractivity (Wildman–Crippen MR) is 169 cm³/mol. The highest BCUT2D eigenvalue weighted by molar-refractivity contribution is 6.13. The van der Waals surface area contributed by atoms with Crippen LogP contribution in [0, 0.1) is 28.9 Å². The molecule has 0 spiro atoms. The maximum absolute atomic E-state index is 14.7. The lowest BCUT2D eigenvalue weighted by atomic mass is 9.88. The van der Waals surface area contributed by atoms with Crippen LogP contribution in [-0.2, 0) is 6.54 Å². The fraction of sp³-hybridized carbons (Fsp3) is 0.514. The van der Waals surface area contributed by atoms with Crippen molar-refractivity contribution in [1.82, 2.24) is 4.90 Å². The average molecular weight is 582 g/mol. The molecule has 3 unspecified atom stereocenters. The van der Waals surface area contributed by atoms with Gasteiger partial charge in [-0.3, -0.25) is 10.3 Å². The van der Waals surface area contributed by atoms with Gasteiger partial charge >= 0.3 is 0 Å². The Kier molecular flexibility index (Phi) is 13.2. The van der Waals surface area contributed by atoms with E-state index in [0.29, 0.717) is 23.6 Å². The summed E-state index contributed by atoms with van der Waals surface area (Å²) in [6, 6.07) is 9.77.